The molecule has 0 amide bonds. The molecule has 0 saturated carbocycles. The Morgan fingerprint density at radius 2 is 1.87 bits per heavy atom. The van der Waals surface area contributed by atoms with Gasteiger partial charge in [0.05, 0.1) is 11.4 Å². The Balaban J connectivity index is 0. The summed E-state index contributed by atoms with van der Waals surface area (Å²) >= 11 is 0. The van der Waals surface area contributed by atoms with Crippen LogP contribution in [0.2, 0.25) is 0 Å². The summed E-state index contributed by atoms with van der Waals surface area (Å²) in [7, 11) is -3.43. The number of hydrogen-bond donors (Lipinski definition) is 1. The first-order valence-electron chi connectivity index (χ1n) is 5.10. The fraction of sp³-hybridized carbons (Fsp3) is 1.00. The van der Waals surface area contributed by atoms with Gasteiger partial charge in [-0.3, -0.25) is 4.18 Å². The summed E-state index contributed by atoms with van der Waals surface area (Å²) in [5.74, 6) is 0. The first kappa shape index (κ1) is 18.2. The van der Waals surface area contributed by atoms with Crippen molar-refractivity contribution in [3.8, 4) is 0 Å². The van der Waals surface area contributed by atoms with Gasteiger partial charge in [-0.2, -0.15) is 8.42 Å². The number of rotatable bonds is 7. The van der Waals surface area contributed by atoms with E-state index in [4.69, 9.17) is 9.92 Å². The summed E-state index contributed by atoms with van der Waals surface area (Å²) < 4.78 is 28.2. The van der Waals surface area contributed by atoms with Crippen molar-refractivity contribution in [2.24, 2.45) is 5.73 Å². The second-order valence-corrected chi connectivity index (χ2v) is 5.30. The molecular weight excluding hydrogens is 225 g/mol. The summed E-state index contributed by atoms with van der Waals surface area (Å²) in [6.45, 7) is 5.71. The molecule has 0 aliphatic heterocycles. The monoisotopic (exact) mass is 247 g/mol. The Kier molecular flexibility index (Phi) is 10.9. The molecule has 88 valence electrons. The molecule has 2 unspecified atom stereocenters. The van der Waals surface area contributed by atoms with Gasteiger partial charge in [0.15, 0.2) is 0 Å². The van der Waals surface area contributed by atoms with Crippen LogP contribution in [0.3, 0.4) is 0 Å². The van der Waals surface area contributed by atoms with Crippen LogP contribution in [-0.4, -0.2) is 55.9 Å². The molecule has 0 fully saturated rings. The topological polar surface area (TPSA) is 69.4 Å². The number of nitrogens with two attached hydrogens (primary N) is 1. The maximum absolute atomic E-state index is 11.6. The van der Waals surface area contributed by atoms with Crippen LogP contribution in [0.25, 0.3) is 0 Å². The molecule has 0 saturated heterocycles. The molecule has 15 heavy (non-hydrogen) atoms. The Morgan fingerprint density at radius 1 is 1.33 bits per heavy atom. The van der Waals surface area contributed by atoms with E-state index >= 15 is 0 Å². The van der Waals surface area contributed by atoms with Crippen molar-refractivity contribution in [3.05, 3.63) is 0 Å². The van der Waals surface area contributed by atoms with Gasteiger partial charge in [-0.05, 0) is 19.8 Å². The van der Waals surface area contributed by atoms with Crippen LogP contribution in [-0.2, 0) is 14.3 Å². The molecule has 0 heterocycles. The molecule has 6 heteroatoms. The van der Waals surface area contributed by atoms with E-state index in [1.54, 1.807) is 6.92 Å². The fourth-order valence-electron chi connectivity index (χ4n) is 1.22. The molecule has 4 nitrogen and oxygen atoms in total. The van der Waals surface area contributed by atoms with E-state index in [-0.39, 0.29) is 41.4 Å². The van der Waals surface area contributed by atoms with Crippen LogP contribution < -0.4 is 5.73 Å². The van der Waals surface area contributed by atoms with Crippen LogP contribution in [0.4, 0.5) is 0 Å². The van der Waals surface area contributed by atoms with Crippen LogP contribution >= 0.6 is 0 Å². The van der Waals surface area contributed by atoms with Crippen molar-refractivity contribution in [3.63, 3.8) is 0 Å². The Morgan fingerprint density at radius 3 is 2.20 bits per heavy atom. The third kappa shape index (κ3) is 6.92. The normalized spacial score (nSPS) is 15.5. The SMILES string of the molecule is CCCC(CC)S(=O)(=O)OC(C)CN.[NaH]. The van der Waals surface area contributed by atoms with Gasteiger partial charge in [0.2, 0.25) is 0 Å². The molecule has 0 bridgehead atoms. The first-order chi connectivity index (χ1) is 6.47. The molecule has 2 N–H and O–H groups in total. The van der Waals surface area contributed by atoms with E-state index in [0.29, 0.717) is 12.8 Å². The molecule has 2 atom stereocenters. The summed E-state index contributed by atoms with van der Waals surface area (Å²) in [6.07, 6.45) is 1.66. The van der Waals surface area contributed by atoms with Crippen LogP contribution in [0.5, 0.6) is 0 Å². The van der Waals surface area contributed by atoms with E-state index in [1.165, 1.54) is 0 Å². The molecule has 0 spiro atoms. The molecule has 0 aromatic carbocycles. The van der Waals surface area contributed by atoms with Gasteiger partial charge in [-0.15, -0.1) is 0 Å². The minimum absolute atomic E-state index is 0. The van der Waals surface area contributed by atoms with Gasteiger partial charge in [0.1, 0.15) is 0 Å². The van der Waals surface area contributed by atoms with Crippen molar-refractivity contribution in [2.75, 3.05) is 6.54 Å². The molecular formula is C9H22NNaO3S. The van der Waals surface area contributed by atoms with E-state index in [1.807, 2.05) is 13.8 Å². The first-order valence-corrected chi connectivity index (χ1v) is 6.57. The second-order valence-electron chi connectivity index (χ2n) is 3.45. The third-order valence-corrected chi connectivity index (χ3v) is 4.09. The molecule has 0 aliphatic carbocycles. The van der Waals surface area contributed by atoms with E-state index in [9.17, 15) is 8.42 Å². The van der Waals surface area contributed by atoms with Gasteiger partial charge in [-0.1, -0.05) is 20.3 Å². The molecule has 0 aromatic heterocycles. The van der Waals surface area contributed by atoms with Crippen molar-refractivity contribution >= 4 is 39.7 Å². The van der Waals surface area contributed by atoms with E-state index in [0.717, 1.165) is 6.42 Å². The zero-order valence-electron chi connectivity index (χ0n) is 9.19. The van der Waals surface area contributed by atoms with Gasteiger partial charge in [-0.25, -0.2) is 0 Å². The van der Waals surface area contributed by atoms with Crippen molar-refractivity contribution in [2.45, 2.75) is 51.4 Å². The van der Waals surface area contributed by atoms with E-state index < -0.39 is 16.2 Å². The predicted octanol–water partition coefficient (Wildman–Crippen LogP) is 0.610. The molecule has 0 rings (SSSR count). The van der Waals surface area contributed by atoms with Crippen LogP contribution in [0.1, 0.15) is 40.0 Å². The Bertz CT molecular complexity index is 244. The zero-order valence-corrected chi connectivity index (χ0v) is 10.0. The van der Waals surface area contributed by atoms with Crippen LogP contribution in [0.15, 0.2) is 0 Å². The number of hydrogen-bond acceptors (Lipinski definition) is 4. The predicted molar refractivity (Wildman–Crippen MR) is 64.7 cm³/mol. The standard InChI is InChI=1S/C9H21NO3S.Na.H/c1-4-6-9(5-2)14(11,12)13-8(3)7-10;;/h8-9H,4-7,10H2,1-3H3;;. The van der Waals surface area contributed by atoms with Crippen molar-refractivity contribution < 1.29 is 12.6 Å². The zero-order chi connectivity index (χ0) is 11.2. The fourth-order valence-corrected chi connectivity index (χ4v) is 2.85. The van der Waals surface area contributed by atoms with Crippen molar-refractivity contribution in [1.29, 1.82) is 0 Å². The Hall–Kier alpha value is 0.870. The average molecular weight is 247 g/mol. The Labute approximate surface area is 115 Å². The third-order valence-electron chi connectivity index (χ3n) is 2.10. The minimum atomic E-state index is -3.43. The van der Waals surface area contributed by atoms with Gasteiger partial charge >= 0.3 is 29.6 Å². The quantitative estimate of drug-likeness (QED) is 0.528. The summed E-state index contributed by atoms with van der Waals surface area (Å²) in [5, 5.41) is -0.388. The molecule has 0 aromatic rings. The van der Waals surface area contributed by atoms with E-state index in [2.05, 4.69) is 0 Å². The van der Waals surface area contributed by atoms with Gasteiger partial charge < -0.3 is 5.73 Å². The second kappa shape index (κ2) is 8.96. The summed E-state index contributed by atoms with van der Waals surface area (Å²) in [6, 6.07) is 0. The summed E-state index contributed by atoms with van der Waals surface area (Å²) in [4.78, 5) is 0. The summed E-state index contributed by atoms with van der Waals surface area (Å²) in [5.41, 5.74) is 5.31. The molecule has 0 radical (unpaired) electrons. The van der Waals surface area contributed by atoms with Gasteiger partial charge in [0.25, 0.3) is 10.1 Å². The van der Waals surface area contributed by atoms with Gasteiger partial charge in [0, 0.05) is 6.54 Å². The van der Waals surface area contributed by atoms with Crippen molar-refractivity contribution in [1.82, 2.24) is 0 Å². The molecule has 0 aliphatic rings. The average Bonchev–Trinajstić information content (AvgIpc) is 2.12. The maximum atomic E-state index is 11.6. The van der Waals surface area contributed by atoms with Crippen LogP contribution in [0, 0.1) is 0 Å².